The Morgan fingerprint density at radius 2 is 2.07 bits per heavy atom. The highest BCUT2D eigenvalue weighted by molar-refractivity contribution is 5.12. The zero-order valence-electron chi connectivity index (χ0n) is 9.73. The Morgan fingerprint density at radius 1 is 1.40 bits per heavy atom. The normalized spacial score (nSPS) is 13.1. The van der Waals surface area contributed by atoms with Crippen molar-refractivity contribution < 1.29 is 0 Å². The Balaban J connectivity index is 2.84. The molecule has 0 aliphatic rings. The van der Waals surface area contributed by atoms with Crippen LogP contribution < -0.4 is 11.3 Å². The Hall–Kier alpha value is -1.09. The van der Waals surface area contributed by atoms with E-state index < -0.39 is 0 Å². The molecule has 1 unspecified atom stereocenters. The van der Waals surface area contributed by atoms with Gasteiger partial charge in [-0.2, -0.15) is 0 Å². The monoisotopic (exact) mass is 208 g/mol. The molecule has 0 aromatic carbocycles. The van der Waals surface area contributed by atoms with Crippen LogP contribution in [-0.4, -0.2) is 10.6 Å². The molecule has 2 N–H and O–H groups in total. The molecule has 1 atom stereocenters. The maximum atomic E-state index is 11.7. The van der Waals surface area contributed by atoms with Gasteiger partial charge in [-0.25, -0.2) is 0 Å². The Kier molecular flexibility index (Phi) is 4.09. The zero-order valence-corrected chi connectivity index (χ0v) is 9.73. The summed E-state index contributed by atoms with van der Waals surface area (Å²) in [5.74, 6) is 0.488. The largest absolute Gasteiger partial charge is 0.328 e. The molecule has 0 bridgehead atoms. The van der Waals surface area contributed by atoms with Crippen LogP contribution in [0.1, 0.15) is 26.3 Å². The number of nitrogens with zero attached hydrogens (tertiary/aromatic N) is 1. The van der Waals surface area contributed by atoms with Gasteiger partial charge >= 0.3 is 0 Å². The van der Waals surface area contributed by atoms with Crippen molar-refractivity contribution in [2.45, 2.75) is 39.8 Å². The van der Waals surface area contributed by atoms with Crippen LogP contribution in [-0.2, 0) is 13.0 Å². The Labute approximate surface area is 90.9 Å². The van der Waals surface area contributed by atoms with E-state index in [-0.39, 0.29) is 11.6 Å². The van der Waals surface area contributed by atoms with Crippen molar-refractivity contribution in [2.24, 2.45) is 11.7 Å². The molecule has 0 fully saturated rings. The first-order valence-electron chi connectivity index (χ1n) is 5.44. The van der Waals surface area contributed by atoms with Gasteiger partial charge in [-0.3, -0.25) is 4.79 Å². The number of hydrogen-bond donors (Lipinski definition) is 1. The number of hydrogen-bond acceptors (Lipinski definition) is 2. The highest BCUT2D eigenvalue weighted by Gasteiger charge is 2.02. The topological polar surface area (TPSA) is 48.0 Å². The van der Waals surface area contributed by atoms with Crippen molar-refractivity contribution >= 4 is 0 Å². The third-order valence-corrected chi connectivity index (χ3v) is 2.18. The molecule has 3 heteroatoms. The van der Waals surface area contributed by atoms with Crippen LogP contribution in [0.5, 0.6) is 0 Å². The summed E-state index contributed by atoms with van der Waals surface area (Å²) in [4.78, 5) is 11.7. The lowest BCUT2D eigenvalue weighted by Gasteiger charge is -2.10. The smallest absolute Gasteiger partial charge is 0.250 e. The standard InChI is InChI=1S/C12H20N2O/c1-9(2)8-14-5-4-11(6-10(3)13)7-12(14)15/h4-5,7,9-10H,6,8,13H2,1-3H3. The molecule has 15 heavy (non-hydrogen) atoms. The minimum Gasteiger partial charge on any atom is -0.328 e. The summed E-state index contributed by atoms with van der Waals surface area (Å²) in [6.45, 7) is 6.92. The van der Waals surface area contributed by atoms with Gasteiger partial charge in [-0.05, 0) is 30.9 Å². The highest BCUT2D eigenvalue weighted by atomic mass is 16.1. The van der Waals surface area contributed by atoms with Gasteiger partial charge in [-0.1, -0.05) is 13.8 Å². The molecule has 1 aromatic rings. The van der Waals surface area contributed by atoms with Crippen molar-refractivity contribution in [1.82, 2.24) is 4.57 Å². The van der Waals surface area contributed by atoms with Crippen molar-refractivity contribution in [3.8, 4) is 0 Å². The van der Waals surface area contributed by atoms with E-state index in [1.165, 1.54) is 0 Å². The third-order valence-electron chi connectivity index (χ3n) is 2.18. The summed E-state index contributed by atoms with van der Waals surface area (Å²) < 4.78 is 1.75. The van der Waals surface area contributed by atoms with Crippen LogP contribution in [0.15, 0.2) is 23.1 Å². The summed E-state index contributed by atoms with van der Waals surface area (Å²) in [5, 5.41) is 0. The summed E-state index contributed by atoms with van der Waals surface area (Å²) in [6.07, 6.45) is 2.62. The van der Waals surface area contributed by atoms with E-state index in [0.717, 1.165) is 18.5 Å². The number of nitrogens with two attached hydrogens (primary N) is 1. The molecule has 1 rings (SSSR count). The molecule has 84 valence electrons. The SMILES string of the molecule is CC(C)Cn1ccc(CC(C)N)cc1=O. The summed E-state index contributed by atoms with van der Waals surface area (Å²) in [7, 11) is 0. The minimum absolute atomic E-state index is 0.0712. The quantitative estimate of drug-likeness (QED) is 0.813. The lowest BCUT2D eigenvalue weighted by atomic mass is 10.1. The number of pyridine rings is 1. The van der Waals surface area contributed by atoms with Crippen LogP contribution in [0.4, 0.5) is 0 Å². The van der Waals surface area contributed by atoms with Gasteiger partial charge in [0.25, 0.3) is 5.56 Å². The molecule has 0 radical (unpaired) electrons. The number of rotatable bonds is 4. The summed E-state index contributed by atoms with van der Waals surface area (Å²) in [6, 6.07) is 3.77. The molecule has 1 heterocycles. The lowest BCUT2D eigenvalue weighted by molar-refractivity contribution is 0.510. The van der Waals surface area contributed by atoms with Crippen molar-refractivity contribution in [3.05, 3.63) is 34.2 Å². The van der Waals surface area contributed by atoms with Crippen LogP contribution in [0.3, 0.4) is 0 Å². The summed E-state index contributed by atoms with van der Waals surface area (Å²) in [5.41, 5.74) is 6.78. The average molecular weight is 208 g/mol. The van der Waals surface area contributed by atoms with Crippen molar-refractivity contribution in [3.63, 3.8) is 0 Å². The lowest BCUT2D eigenvalue weighted by Crippen LogP contribution is -2.24. The second-order valence-electron chi connectivity index (χ2n) is 4.60. The van der Waals surface area contributed by atoms with Crippen LogP contribution in [0.25, 0.3) is 0 Å². The van der Waals surface area contributed by atoms with Gasteiger partial charge in [0.2, 0.25) is 0 Å². The molecular formula is C12H20N2O. The highest BCUT2D eigenvalue weighted by Crippen LogP contribution is 2.01. The third kappa shape index (κ3) is 3.88. The minimum atomic E-state index is 0.0712. The first-order chi connectivity index (χ1) is 6.99. The van der Waals surface area contributed by atoms with Gasteiger partial charge in [0.05, 0.1) is 0 Å². The molecular weight excluding hydrogens is 188 g/mol. The van der Waals surface area contributed by atoms with Crippen molar-refractivity contribution in [1.29, 1.82) is 0 Å². The van der Waals surface area contributed by atoms with Crippen LogP contribution in [0.2, 0.25) is 0 Å². The fourth-order valence-corrected chi connectivity index (χ4v) is 1.59. The van der Waals surface area contributed by atoms with Gasteiger partial charge in [-0.15, -0.1) is 0 Å². The van der Waals surface area contributed by atoms with Gasteiger partial charge < -0.3 is 10.3 Å². The molecule has 0 aliphatic heterocycles. The van der Waals surface area contributed by atoms with Crippen molar-refractivity contribution in [2.75, 3.05) is 0 Å². The first kappa shape index (κ1) is 12.0. The van der Waals surface area contributed by atoms with Gasteiger partial charge in [0.15, 0.2) is 0 Å². The summed E-state index contributed by atoms with van der Waals surface area (Å²) >= 11 is 0. The van der Waals surface area contributed by atoms with Crippen LogP contribution >= 0.6 is 0 Å². The van der Waals surface area contributed by atoms with Crippen LogP contribution in [0, 0.1) is 5.92 Å². The molecule has 0 spiro atoms. The predicted octanol–water partition coefficient (Wildman–Crippen LogP) is 1.39. The van der Waals surface area contributed by atoms with E-state index in [1.807, 2.05) is 19.2 Å². The predicted molar refractivity (Wildman–Crippen MR) is 62.9 cm³/mol. The molecule has 0 saturated heterocycles. The Morgan fingerprint density at radius 3 is 2.53 bits per heavy atom. The van der Waals surface area contributed by atoms with Gasteiger partial charge in [0.1, 0.15) is 0 Å². The number of aromatic nitrogens is 1. The maximum absolute atomic E-state index is 11.7. The molecule has 0 aliphatic carbocycles. The second-order valence-corrected chi connectivity index (χ2v) is 4.60. The van der Waals surface area contributed by atoms with E-state index in [9.17, 15) is 4.79 Å². The maximum Gasteiger partial charge on any atom is 0.250 e. The second kappa shape index (κ2) is 5.12. The van der Waals surface area contributed by atoms with E-state index in [1.54, 1.807) is 10.6 Å². The molecule has 0 amide bonds. The molecule has 0 saturated carbocycles. The fraction of sp³-hybridized carbons (Fsp3) is 0.583. The fourth-order valence-electron chi connectivity index (χ4n) is 1.59. The van der Waals surface area contributed by atoms with E-state index in [0.29, 0.717) is 5.92 Å². The van der Waals surface area contributed by atoms with E-state index in [4.69, 9.17) is 5.73 Å². The zero-order chi connectivity index (χ0) is 11.4. The molecule has 1 aromatic heterocycles. The Bertz CT molecular complexity index is 366. The van der Waals surface area contributed by atoms with E-state index in [2.05, 4.69) is 13.8 Å². The first-order valence-corrected chi connectivity index (χ1v) is 5.44. The molecule has 3 nitrogen and oxygen atoms in total. The van der Waals surface area contributed by atoms with E-state index >= 15 is 0 Å². The average Bonchev–Trinajstić information content (AvgIpc) is 2.08. The van der Waals surface area contributed by atoms with Gasteiger partial charge in [0, 0.05) is 24.8 Å².